The number of hydrogen-bond acceptors (Lipinski definition) is 3. The van der Waals surface area contributed by atoms with Gasteiger partial charge in [-0.15, -0.1) is 22.9 Å². The molecule has 0 aliphatic heterocycles. The molecule has 0 atom stereocenters. The van der Waals surface area contributed by atoms with E-state index in [0.29, 0.717) is 17.3 Å². The summed E-state index contributed by atoms with van der Waals surface area (Å²) >= 11 is 6.77. The molecule has 0 bridgehead atoms. The summed E-state index contributed by atoms with van der Waals surface area (Å²) in [6, 6.07) is 0. The van der Waals surface area contributed by atoms with Crippen LogP contribution in [-0.4, -0.2) is 29.8 Å². The quantitative estimate of drug-likeness (QED) is 0.539. The van der Waals surface area contributed by atoms with E-state index < -0.39 is 19.0 Å². The molecule has 1 aromatic rings. The third-order valence-electron chi connectivity index (χ3n) is 2.01. The summed E-state index contributed by atoms with van der Waals surface area (Å²) < 4.78 is 53.2. The van der Waals surface area contributed by atoms with Crippen LogP contribution >= 0.6 is 22.9 Å². The minimum atomic E-state index is -4.11. The fraction of sp³-hybridized carbons (Fsp3) is 0.700. The van der Waals surface area contributed by atoms with Gasteiger partial charge in [0.1, 0.15) is 11.6 Å². The Morgan fingerprint density at radius 1 is 1.44 bits per heavy atom. The Hall–Kier alpha value is -0.400. The highest BCUT2D eigenvalue weighted by Crippen LogP contribution is 2.23. The van der Waals surface area contributed by atoms with Gasteiger partial charge < -0.3 is 4.74 Å². The highest BCUT2D eigenvalue weighted by Gasteiger charge is 2.40. The number of thiazole rings is 1. The molecule has 0 aliphatic rings. The van der Waals surface area contributed by atoms with E-state index in [2.05, 4.69) is 9.72 Å². The number of nitrogens with zero attached hydrogens (tertiary/aromatic N) is 1. The molecule has 0 amide bonds. The lowest BCUT2D eigenvalue weighted by Gasteiger charge is -2.14. The second kappa shape index (κ2) is 7.25. The second-order valence-corrected chi connectivity index (χ2v) is 4.90. The van der Waals surface area contributed by atoms with Crippen LogP contribution in [0, 0.1) is 0 Å². The molecule has 8 heteroatoms. The smallest absolute Gasteiger partial charge is 0.330 e. The zero-order valence-electron chi connectivity index (χ0n) is 9.34. The van der Waals surface area contributed by atoms with E-state index in [1.807, 2.05) is 0 Å². The summed E-state index contributed by atoms with van der Waals surface area (Å²) in [5.41, 5.74) is 0.805. The van der Waals surface area contributed by atoms with Gasteiger partial charge in [0.25, 0.3) is 0 Å². The van der Waals surface area contributed by atoms with Crippen molar-refractivity contribution >= 4 is 22.9 Å². The van der Waals surface area contributed by atoms with Gasteiger partial charge in [0.15, 0.2) is 0 Å². The lowest BCUT2D eigenvalue weighted by Crippen LogP contribution is -2.32. The van der Waals surface area contributed by atoms with Crippen molar-refractivity contribution in [2.24, 2.45) is 0 Å². The maximum absolute atomic E-state index is 12.5. The van der Waals surface area contributed by atoms with Gasteiger partial charge in [-0.3, -0.25) is 0 Å². The molecule has 1 heterocycles. The number of ether oxygens (including phenoxy) is 1. The molecule has 0 radical (unpaired) electrons. The monoisotopic (exact) mass is 305 g/mol. The Kier molecular flexibility index (Phi) is 6.31. The number of halogens is 5. The Balaban J connectivity index is 2.33. The van der Waals surface area contributed by atoms with Gasteiger partial charge in [-0.1, -0.05) is 0 Å². The molecule has 2 nitrogen and oxygen atoms in total. The molecule has 0 fully saturated rings. The Bertz CT molecular complexity index is 361. The SMILES string of the molecule is FC(F)C(F)(F)COCc1nc(CCCCl)cs1. The van der Waals surface area contributed by atoms with Crippen LogP contribution < -0.4 is 0 Å². The predicted molar refractivity (Wildman–Crippen MR) is 61.8 cm³/mol. The molecule has 18 heavy (non-hydrogen) atoms. The van der Waals surface area contributed by atoms with Crippen molar-refractivity contribution in [1.29, 1.82) is 0 Å². The third-order valence-corrected chi connectivity index (χ3v) is 3.14. The molecule has 0 unspecified atom stereocenters. The maximum atomic E-state index is 12.5. The maximum Gasteiger partial charge on any atom is 0.330 e. The van der Waals surface area contributed by atoms with Crippen molar-refractivity contribution in [2.75, 3.05) is 12.5 Å². The first-order chi connectivity index (χ1) is 8.45. The van der Waals surface area contributed by atoms with Gasteiger partial charge >= 0.3 is 12.3 Å². The van der Waals surface area contributed by atoms with Crippen molar-refractivity contribution < 1.29 is 22.3 Å². The Morgan fingerprint density at radius 3 is 2.78 bits per heavy atom. The average molecular weight is 306 g/mol. The van der Waals surface area contributed by atoms with E-state index in [4.69, 9.17) is 11.6 Å². The molecule has 0 N–H and O–H groups in total. The van der Waals surface area contributed by atoms with E-state index in [-0.39, 0.29) is 6.61 Å². The summed E-state index contributed by atoms with van der Waals surface area (Å²) in [5.74, 6) is -3.59. The largest absolute Gasteiger partial charge is 0.368 e. The van der Waals surface area contributed by atoms with Crippen LogP contribution in [0.25, 0.3) is 0 Å². The molecule has 1 rings (SSSR count). The molecule has 0 aromatic carbocycles. The fourth-order valence-electron chi connectivity index (χ4n) is 1.12. The summed E-state index contributed by atoms with van der Waals surface area (Å²) in [6.45, 7) is -1.49. The van der Waals surface area contributed by atoms with Crippen LogP contribution in [0.2, 0.25) is 0 Å². The van der Waals surface area contributed by atoms with Crippen LogP contribution in [0.5, 0.6) is 0 Å². The normalized spacial score (nSPS) is 12.3. The number of rotatable bonds is 8. The standard InChI is InChI=1S/C10H12ClF4NOS/c11-3-1-2-7-5-18-8(16-7)4-17-6-10(14,15)9(12)13/h5,9H,1-4,6H2. The van der Waals surface area contributed by atoms with Crippen LogP contribution in [-0.2, 0) is 17.8 Å². The lowest BCUT2D eigenvalue weighted by molar-refractivity contribution is -0.168. The van der Waals surface area contributed by atoms with Gasteiger partial charge in [0, 0.05) is 11.3 Å². The lowest BCUT2D eigenvalue weighted by atomic mass is 10.3. The zero-order valence-corrected chi connectivity index (χ0v) is 10.9. The van der Waals surface area contributed by atoms with Crippen LogP contribution in [0.15, 0.2) is 5.38 Å². The summed E-state index contributed by atoms with van der Waals surface area (Å²) in [7, 11) is 0. The molecule has 0 saturated carbocycles. The number of aromatic nitrogens is 1. The Morgan fingerprint density at radius 2 is 2.17 bits per heavy atom. The van der Waals surface area contributed by atoms with E-state index >= 15 is 0 Å². The van der Waals surface area contributed by atoms with E-state index in [1.165, 1.54) is 11.3 Å². The first-order valence-electron chi connectivity index (χ1n) is 5.18. The molecule has 104 valence electrons. The minimum Gasteiger partial charge on any atom is -0.368 e. The van der Waals surface area contributed by atoms with Gasteiger partial charge in [-0.25, -0.2) is 13.8 Å². The van der Waals surface area contributed by atoms with Crippen molar-refractivity contribution in [3.63, 3.8) is 0 Å². The zero-order chi connectivity index (χ0) is 13.6. The van der Waals surface area contributed by atoms with Gasteiger partial charge in [-0.05, 0) is 12.8 Å². The first kappa shape index (κ1) is 15.7. The predicted octanol–water partition coefficient (Wildman–Crippen LogP) is 3.73. The van der Waals surface area contributed by atoms with E-state index in [1.54, 1.807) is 5.38 Å². The number of alkyl halides is 5. The summed E-state index contributed by atoms with van der Waals surface area (Å²) in [6.07, 6.45) is -2.24. The van der Waals surface area contributed by atoms with Crippen LogP contribution in [0.3, 0.4) is 0 Å². The van der Waals surface area contributed by atoms with Crippen LogP contribution in [0.1, 0.15) is 17.1 Å². The molecular formula is C10H12ClF4NOS. The fourth-order valence-corrected chi connectivity index (χ4v) is 2.01. The topological polar surface area (TPSA) is 22.1 Å². The number of aryl methyl sites for hydroxylation is 1. The molecule has 1 aromatic heterocycles. The van der Waals surface area contributed by atoms with Gasteiger partial charge in [0.2, 0.25) is 0 Å². The third kappa shape index (κ3) is 5.07. The average Bonchev–Trinajstić information content (AvgIpc) is 2.74. The van der Waals surface area contributed by atoms with Gasteiger partial charge in [0.05, 0.1) is 12.3 Å². The van der Waals surface area contributed by atoms with E-state index in [0.717, 1.165) is 12.1 Å². The van der Waals surface area contributed by atoms with Crippen LogP contribution in [0.4, 0.5) is 17.6 Å². The Labute approximate surface area is 111 Å². The van der Waals surface area contributed by atoms with E-state index in [9.17, 15) is 17.6 Å². The highest BCUT2D eigenvalue weighted by atomic mass is 35.5. The van der Waals surface area contributed by atoms with Crippen molar-refractivity contribution in [2.45, 2.75) is 31.8 Å². The second-order valence-electron chi connectivity index (χ2n) is 3.58. The van der Waals surface area contributed by atoms with Gasteiger partial charge in [-0.2, -0.15) is 8.78 Å². The summed E-state index contributed by atoms with van der Waals surface area (Å²) in [4.78, 5) is 4.11. The molecule has 0 aliphatic carbocycles. The summed E-state index contributed by atoms with van der Waals surface area (Å²) in [5, 5.41) is 2.26. The van der Waals surface area contributed by atoms with Crippen molar-refractivity contribution in [3.8, 4) is 0 Å². The van der Waals surface area contributed by atoms with Crippen molar-refractivity contribution in [1.82, 2.24) is 4.98 Å². The first-order valence-corrected chi connectivity index (χ1v) is 6.60. The molecule has 0 spiro atoms. The number of hydrogen-bond donors (Lipinski definition) is 0. The molecule has 0 saturated heterocycles. The van der Waals surface area contributed by atoms with Crippen molar-refractivity contribution in [3.05, 3.63) is 16.1 Å². The molecular weight excluding hydrogens is 294 g/mol. The highest BCUT2D eigenvalue weighted by molar-refractivity contribution is 7.09. The minimum absolute atomic E-state index is 0.187.